The van der Waals surface area contributed by atoms with Gasteiger partial charge in [-0.3, -0.25) is 0 Å². The highest BCUT2D eigenvalue weighted by Crippen LogP contribution is 2.38. The lowest BCUT2D eigenvalue weighted by molar-refractivity contribution is 0.171. The molecule has 0 bridgehead atoms. The molecule has 2 rings (SSSR count). The lowest BCUT2D eigenvalue weighted by atomic mass is 10.2. The summed E-state index contributed by atoms with van der Waals surface area (Å²) in [7, 11) is 1.71. The van der Waals surface area contributed by atoms with Gasteiger partial charge in [0.2, 0.25) is 0 Å². The molecule has 0 aromatic heterocycles. The number of hydrogen-bond donors (Lipinski definition) is 1. The fourth-order valence-electron chi connectivity index (χ4n) is 1.99. The number of methoxy groups -OCH3 is 1. The number of hydrogen-bond acceptors (Lipinski definition) is 4. The molecule has 1 heterocycles. The first-order valence-electron chi connectivity index (χ1n) is 6.51. The monoisotopic (exact) mass is 329 g/mol. The number of rotatable bonds is 5. The quantitative estimate of drug-likeness (QED) is 0.901. The van der Waals surface area contributed by atoms with E-state index in [-0.39, 0.29) is 0 Å². The molecule has 5 heteroatoms. The summed E-state index contributed by atoms with van der Waals surface area (Å²) in [5, 5.41) is 3.41. The third kappa shape index (κ3) is 4.09. The Labute approximate surface area is 122 Å². The topological polar surface area (TPSA) is 39.7 Å². The van der Waals surface area contributed by atoms with E-state index in [1.165, 1.54) is 5.56 Å². The standard InChI is InChI=1S/C14H20BrNO3/c1-10(9-17-2)16-8-11-6-12(15)14-13(7-11)18-4-3-5-19-14/h6-7,10,16H,3-5,8-9H2,1-2H3. The van der Waals surface area contributed by atoms with Crippen molar-refractivity contribution in [1.29, 1.82) is 0 Å². The summed E-state index contributed by atoms with van der Waals surface area (Å²) in [6, 6.07) is 4.43. The van der Waals surface area contributed by atoms with E-state index in [1.807, 2.05) is 6.07 Å². The molecule has 19 heavy (non-hydrogen) atoms. The molecule has 1 aliphatic rings. The zero-order chi connectivity index (χ0) is 13.7. The van der Waals surface area contributed by atoms with Gasteiger partial charge >= 0.3 is 0 Å². The fourth-order valence-corrected chi connectivity index (χ4v) is 2.59. The van der Waals surface area contributed by atoms with Crippen LogP contribution < -0.4 is 14.8 Å². The number of nitrogens with one attached hydrogen (secondary N) is 1. The minimum Gasteiger partial charge on any atom is -0.490 e. The first-order chi connectivity index (χ1) is 9.20. The van der Waals surface area contributed by atoms with E-state index in [0.29, 0.717) is 25.9 Å². The molecule has 0 fully saturated rings. The Hall–Kier alpha value is -0.780. The van der Waals surface area contributed by atoms with Crippen LogP contribution in [0.25, 0.3) is 0 Å². The first kappa shape index (κ1) is 14.6. The van der Waals surface area contributed by atoms with Crippen LogP contribution in [0.5, 0.6) is 11.5 Å². The van der Waals surface area contributed by atoms with Crippen molar-refractivity contribution < 1.29 is 14.2 Å². The Balaban J connectivity index is 2.06. The van der Waals surface area contributed by atoms with Crippen molar-refractivity contribution >= 4 is 15.9 Å². The van der Waals surface area contributed by atoms with Crippen LogP contribution in [0, 0.1) is 0 Å². The van der Waals surface area contributed by atoms with Crippen LogP contribution in [0.1, 0.15) is 18.9 Å². The maximum absolute atomic E-state index is 5.72. The van der Waals surface area contributed by atoms with Crippen molar-refractivity contribution in [2.24, 2.45) is 0 Å². The molecule has 0 radical (unpaired) electrons. The van der Waals surface area contributed by atoms with Crippen LogP contribution in [0.4, 0.5) is 0 Å². The molecule has 1 unspecified atom stereocenters. The maximum Gasteiger partial charge on any atom is 0.175 e. The Morgan fingerprint density at radius 3 is 2.95 bits per heavy atom. The maximum atomic E-state index is 5.72. The van der Waals surface area contributed by atoms with Crippen LogP contribution in [0.2, 0.25) is 0 Å². The zero-order valence-electron chi connectivity index (χ0n) is 11.4. The molecule has 1 aromatic carbocycles. The second-order valence-electron chi connectivity index (χ2n) is 4.69. The van der Waals surface area contributed by atoms with Gasteiger partial charge in [-0.15, -0.1) is 0 Å². The molecular formula is C14H20BrNO3. The van der Waals surface area contributed by atoms with Crippen molar-refractivity contribution in [3.8, 4) is 11.5 Å². The predicted octanol–water partition coefficient (Wildman–Crippen LogP) is 2.73. The molecule has 0 aliphatic carbocycles. The average Bonchev–Trinajstić information content (AvgIpc) is 2.62. The van der Waals surface area contributed by atoms with E-state index >= 15 is 0 Å². The van der Waals surface area contributed by atoms with Gasteiger partial charge < -0.3 is 19.5 Å². The second kappa shape index (κ2) is 7.12. The molecule has 0 amide bonds. The summed E-state index contributed by atoms with van der Waals surface area (Å²) in [4.78, 5) is 0. The minimum atomic E-state index is 0.319. The summed E-state index contributed by atoms with van der Waals surface area (Å²) < 4.78 is 17.5. The van der Waals surface area contributed by atoms with E-state index in [1.54, 1.807) is 7.11 Å². The predicted molar refractivity (Wildman–Crippen MR) is 77.9 cm³/mol. The summed E-state index contributed by atoms with van der Waals surface area (Å²) in [6.45, 7) is 4.98. The smallest absolute Gasteiger partial charge is 0.175 e. The van der Waals surface area contributed by atoms with Gasteiger partial charge in [-0.1, -0.05) is 0 Å². The molecule has 0 saturated heterocycles. The van der Waals surface area contributed by atoms with E-state index in [2.05, 4.69) is 34.2 Å². The van der Waals surface area contributed by atoms with Crippen molar-refractivity contribution in [3.63, 3.8) is 0 Å². The first-order valence-corrected chi connectivity index (χ1v) is 7.30. The second-order valence-corrected chi connectivity index (χ2v) is 5.55. The normalized spacial score (nSPS) is 15.9. The fraction of sp³-hybridized carbons (Fsp3) is 0.571. The molecule has 4 nitrogen and oxygen atoms in total. The van der Waals surface area contributed by atoms with Crippen LogP contribution in [-0.4, -0.2) is 33.0 Å². The largest absolute Gasteiger partial charge is 0.490 e. The highest BCUT2D eigenvalue weighted by Gasteiger charge is 2.15. The van der Waals surface area contributed by atoms with Crippen molar-refractivity contribution in [1.82, 2.24) is 5.32 Å². The Morgan fingerprint density at radius 2 is 2.16 bits per heavy atom. The molecule has 1 aromatic rings. The molecular weight excluding hydrogens is 310 g/mol. The number of fused-ring (bicyclic) bond motifs is 1. The Bertz CT molecular complexity index is 425. The molecule has 1 atom stereocenters. The van der Waals surface area contributed by atoms with Crippen LogP contribution in [0.3, 0.4) is 0 Å². The van der Waals surface area contributed by atoms with E-state index in [4.69, 9.17) is 14.2 Å². The summed E-state index contributed by atoms with van der Waals surface area (Å²) in [5.41, 5.74) is 1.17. The van der Waals surface area contributed by atoms with E-state index < -0.39 is 0 Å². The zero-order valence-corrected chi connectivity index (χ0v) is 13.0. The Morgan fingerprint density at radius 1 is 1.37 bits per heavy atom. The minimum absolute atomic E-state index is 0.319. The average molecular weight is 330 g/mol. The number of ether oxygens (including phenoxy) is 3. The summed E-state index contributed by atoms with van der Waals surface area (Å²) in [6.07, 6.45) is 0.916. The number of halogens is 1. The molecule has 106 valence electrons. The van der Waals surface area contributed by atoms with Gasteiger partial charge in [-0.2, -0.15) is 0 Å². The molecule has 0 saturated carbocycles. The third-order valence-corrected chi connectivity index (χ3v) is 3.52. The lowest BCUT2D eigenvalue weighted by Gasteiger charge is -2.15. The summed E-state index contributed by atoms with van der Waals surface area (Å²) in [5.74, 6) is 1.63. The highest BCUT2D eigenvalue weighted by molar-refractivity contribution is 9.10. The van der Waals surface area contributed by atoms with E-state index in [0.717, 1.165) is 28.9 Å². The van der Waals surface area contributed by atoms with Crippen molar-refractivity contribution in [2.45, 2.75) is 25.9 Å². The van der Waals surface area contributed by atoms with Crippen LogP contribution in [-0.2, 0) is 11.3 Å². The molecule has 1 N–H and O–H groups in total. The SMILES string of the molecule is COCC(C)NCc1cc(Br)c2c(c1)OCCCO2. The van der Waals surface area contributed by atoms with Gasteiger partial charge in [-0.25, -0.2) is 0 Å². The highest BCUT2D eigenvalue weighted by atomic mass is 79.9. The van der Waals surface area contributed by atoms with Gasteiger partial charge in [0.05, 0.1) is 24.3 Å². The summed E-state index contributed by atoms with van der Waals surface area (Å²) >= 11 is 3.55. The molecule has 1 aliphatic heterocycles. The van der Waals surface area contributed by atoms with Crippen molar-refractivity contribution in [3.05, 3.63) is 22.2 Å². The van der Waals surface area contributed by atoms with E-state index in [9.17, 15) is 0 Å². The van der Waals surface area contributed by atoms with Crippen LogP contribution >= 0.6 is 15.9 Å². The van der Waals surface area contributed by atoms with Crippen molar-refractivity contribution in [2.75, 3.05) is 26.9 Å². The molecule has 0 spiro atoms. The number of benzene rings is 1. The lowest BCUT2D eigenvalue weighted by Crippen LogP contribution is -2.29. The van der Waals surface area contributed by atoms with Gasteiger partial charge in [0, 0.05) is 26.1 Å². The third-order valence-electron chi connectivity index (χ3n) is 2.93. The van der Waals surface area contributed by atoms with Gasteiger partial charge in [0.15, 0.2) is 11.5 Å². The Kier molecular flexibility index (Phi) is 5.48. The van der Waals surface area contributed by atoms with Gasteiger partial charge in [0.1, 0.15) is 0 Å². The van der Waals surface area contributed by atoms with Gasteiger partial charge in [0.25, 0.3) is 0 Å². The van der Waals surface area contributed by atoms with Gasteiger partial charge in [-0.05, 0) is 40.5 Å². The van der Waals surface area contributed by atoms with Crippen LogP contribution in [0.15, 0.2) is 16.6 Å².